The summed E-state index contributed by atoms with van der Waals surface area (Å²) in [5.41, 5.74) is 0. The molecule has 1 N–H and O–H groups in total. The molecule has 0 saturated heterocycles. The average Bonchev–Trinajstić information content (AvgIpc) is 3.05. The summed E-state index contributed by atoms with van der Waals surface area (Å²) in [4.78, 5) is 4.40. The van der Waals surface area contributed by atoms with Crippen molar-refractivity contribution in [1.82, 2.24) is 15.5 Å². The second kappa shape index (κ2) is 6.29. The number of hydrogen-bond donors (Lipinski definition) is 1. The van der Waals surface area contributed by atoms with E-state index in [1.165, 1.54) is 25.7 Å². The third-order valence-corrected chi connectivity index (χ3v) is 3.94. The minimum atomic E-state index is -0.109. The summed E-state index contributed by atoms with van der Waals surface area (Å²) >= 11 is 0. The van der Waals surface area contributed by atoms with E-state index in [9.17, 15) is 0 Å². The maximum Gasteiger partial charge on any atom is 0.228 e. The Bertz CT molecular complexity index is 361. The van der Waals surface area contributed by atoms with E-state index < -0.39 is 0 Å². The van der Waals surface area contributed by atoms with Crippen LogP contribution in [0.25, 0.3) is 0 Å². The van der Waals surface area contributed by atoms with E-state index in [0.29, 0.717) is 17.8 Å². The van der Waals surface area contributed by atoms with Crippen LogP contribution in [-0.2, 0) is 11.2 Å². The molecule has 1 saturated carbocycles. The van der Waals surface area contributed by atoms with Crippen molar-refractivity contribution in [3.63, 3.8) is 0 Å². The number of nitrogens with one attached hydrogen (secondary N) is 1. The molecule has 0 spiro atoms. The molecule has 1 aromatic rings. The van der Waals surface area contributed by atoms with Gasteiger partial charge in [0.05, 0.1) is 0 Å². The molecule has 0 bridgehead atoms. The van der Waals surface area contributed by atoms with Crippen molar-refractivity contribution < 1.29 is 9.26 Å². The Morgan fingerprint density at radius 3 is 2.78 bits per heavy atom. The van der Waals surface area contributed by atoms with Gasteiger partial charge in [-0.3, -0.25) is 0 Å². The van der Waals surface area contributed by atoms with E-state index in [2.05, 4.69) is 15.5 Å². The number of likely N-dealkylation sites (N-methyl/N-ethyl adjacent to an activating group) is 1. The summed E-state index contributed by atoms with van der Waals surface area (Å²) in [6.07, 6.45) is 6.01. The van der Waals surface area contributed by atoms with Crippen molar-refractivity contribution >= 4 is 0 Å². The first-order valence-electron chi connectivity index (χ1n) is 6.77. The Morgan fingerprint density at radius 1 is 1.44 bits per heavy atom. The lowest BCUT2D eigenvalue weighted by Crippen LogP contribution is -2.34. The van der Waals surface area contributed by atoms with Crippen molar-refractivity contribution in [2.24, 2.45) is 5.92 Å². The highest BCUT2D eigenvalue weighted by Crippen LogP contribution is 2.29. The first-order chi connectivity index (χ1) is 8.74. The molecule has 0 amide bonds. The van der Waals surface area contributed by atoms with Gasteiger partial charge in [0.2, 0.25) is 5.89 Å². The number of aromatic nitrogens is 2. The summed E-state index contributed by atoms with van der Waals surface area (Å²) < 4.78 is 10.5. The third kappa shape index (κ3) is 3.09. The average molecular weight is 253 g/mol. The molecular weight excluding hydrogens is 230 g/mol. The fourth-order valence-corrected chi connectivity index (χ4v) is 2.67. The molecule has 0 radical (unpaired) electrons. The highest BCUT2D eigenvalue weighted by Gasteiger charge is 2.26. The number of methoxy groups -OCH3 is 1. The molecule has 18 heavy (non-hydrogen) atoms. The zero-order valence-electron chi connectivity index (χ0n) is 11.5. The number of nitrogens with zero attached hydrogens (tertiary/aromatic N) is 2. The highest BCUT2D eigenvalue weighted by atomic mass is 16.5. The first kappa shape index (κ1) is 13.5. The smallest absolute Gasteiger partial charge is 0.228 e. The molecule has 1 heterocycles. The predicted molar refractivity (Wildman–Crippen MR) is 68.2 cm³/mol. The monoisotopic (exact) mass is 253 g/mol. The van der Waals surface area contributed by atoms with Crippen LogP contribution in [-0.4, -0.2) is 30.3 Å². The zero-order valence-corrected chi connectivity index (χ0v) is 11.5. The minimum absolute atomic E-state index is 0.109. The maximum atomic E-state index is 5.30. The Labute approximate surface area is 108 Å². The number of hydrogen-bond acceptors (Lipinski definition) is 5. The quantitative estimate of drug-likeness (QED) is 0.841. The van der Waals surface area contributed by atoms with Crippen molar-refractivity contribution in [2.45, 2.75) is 51.2 Å². The summed E-state index contributed by atoms with van der Waals surface area (Å²) in [7, 11) is 3.66. The van der Waals surface area contributed by atoms with Gasteiger partial charge in [0.1, 0.15) is 6.10 Å². The van der Waals surface area contributed by atoms with Gasteiger partial charge in [-0.05, 0) is 32.7 Å². The van der Waals surface area contributed by atoms with Crippen LogP contribution in [0.1, 0.15) is 50.4 Å². The molecule has 1 aliphatic carbocycles. The molecule has 5 nitrogen and oxygen atoms in total. The van der Waals surface area contributed by atoms with E-state index in [0.717, 1.165) is 12.3 Å². The van der Waals surface area contributed by atoms with Gasteiger partial charge < -0.3 is 14.6 Å². The Balaban J connectivity index is 1.96. The lowest BCUT2D eigenvalue weighted by Gasteiger charge is -2.20. The maximum absolute atomic E-state index is 5.30. The van der Waals surface area contributed by atoms with Crippen LogP contribution in [0.15, 0.2) is 4.52 Å². The Morgan fingerprint density at radius 2 is 2.17 bits per heavy atom. The zero-order chi connectivity index (χ0) is 13.0. The largest absolute Gasteiger partial charge is 0.374 e. The molecule has 2 unspecified atom stereocenters. The first-order valence-corrected chi connectivity index (χ1v) is 6.77. The minimum Gasteiger partial charge on any atom is -0.374 e. The molecule has 0 aromatic carbocycles. The van der Waals surface area contributed by atoms with E-state index in [1.807, 2.05) is 14.0 Å². The van der Waals surface area contributed by atoms with Gasteiger partial charge in [0, 0.05) is 19.6 Å². The molecule has 1 aromatic heterocycles. The van der Waals surface area contributed by atoms with Crippen LogP contribution < -0.4 is 5.32 Å². The highest BCUT2D eigenvalue weighted by molar-refractivity contribution is 4.94. The SMILES string of the molecule is CNC(Cc1nc(C(C)OC)no1)C1CCCC1. The third-order valence-electron chi connectivity index (χ3n) is 3.94. The van der Waals surface area contributed by atoms with Crippen LogP contribution in [0.3, 0.4) is 0 Å². The fourth-order valence-electron chi connectivity index (χ4n) is 2.67. The Kier molecular flexibility index (Phi) is 4.72. The lowest BCUT2D eigenvalue weighted by atomic mass is 9.95. The van der Waals surface area contributed by atoms with Crippen LogP contribution in [0.2, 0.25) is 0 Å². The molecule has 5 heteroatoms. The van der Waals surface area contributed by atoms with Crippen molar-refractivity contribution in [2.75, 3.05) is 14.2 Å². The summed E-state index contributed by atoms with van der Waals surface area (Å²) in [5.74, 6) is 2.08. The topological polar surface area (TPSA) is 60.2 Å². The number of ether oxygens (including phenoxy) is 1. The van der Waals surface area contributed by atoms with Gasteiger partial charge in [-0.25, -0.2) is 0 Å². The van der Waals surface area contributed by atoms with Crippen LogP contribution >= 0.6 is 0 Å². The van der Waals surface area contributed by atoms with Crippen LogP contribution in [0.5, 0.6) is 0 Å². The van der Waals surface area contributed by atoms with Gasteiger partial charge in [0.15, 0.2) is 5.82 Å². The van der Waals surface area contributed by atoms with Gasteiger partial charge in [-0.15, -0.1) is 0 Å². The van der Waals surface area contributed by atoms with Crippen molar-refractivity contribution in [1.29, 1.82) is 0 Å². The van der Waals surface area contributed by atoms with Gasteiger partial charge in [0.25, 0.3) is 0 Å². The van der Waals surface area contributed by atoms with E-state index in [-0.39, 0.29) is 6.10 Å². The molecule has 102 valence electrons. The van der Waals surface area contributed by atoms with E-state index >= 15 is 0 Å². The van der Waals surface area contributed by atoms with E-state index in [1.54, 1.807) is 7.11 Å². The lowest BCUT2D eigenvalue weighted by molar-refractivity contribution is 0.109. The molecule has 2 atom stereocenters. The second-order valence-corrected chi connectivity index (χ2v) is 5.07. The van der Waals surface area contributed by atoms with Crippen LogP contribution in [0.4, 0.5) is 0 Å². The van der Waals surface area contributed by atoms with Crippen molar-refractivity contribution in [3.05, 3.63) is 11.7 Å². The fraction of sp³-hybridized carbons (Fsp3) is 0.846. The Hall–Kier alpha value is -0.940. The van der Waals surface area contributed by atoms with Gasteiger partial charge in [-0.1, -0.05) is 18.0 Å². The van der Waals surface area contributed by atoms with Crippen molar-refractivity contribution in [3.8, 4) is 0 Å². The molecule has 1 fully saturated rings. The number of rotatable bonds is 6. The summed E-state index contributed by atoms with van der Waals surface area (Å²) in [6, 6.07) is 0.443. The van der Waals surface area contributed by atoms with Crippen LogP contribution in [0, 0.1) is 5.92 Å². The predicted octanol–water partition coefficient (Wildman–Crippen LogP) is 2.10. The molecule has 2 rings (SSSR count). The standard InChI is InChI=1S/C13H23N3O2/c1-9(17-3)13-15-12(18-16-13)8-11(14-2)10-6-4-5-7-10/h9-11,14H,4-8H2,1-3H3. The van der Waals surface area contributed by atoms with E-state index in [4.69, 9.17) is 9.26 Å². The molecule has 0 aliphatic heterocycles. The molecule has 1 aliphatic rings. The van der Waals surface area contributed by atoms with Gasteiger partial charge in [-0.2, -0.15) is 4.98 Å². The summed E-state index contributed by atoms with van der Waals surface area (Å²) in [5, 5.41) is 7.35. The second-order valence-electron chi connectivity index (χ2n) is 5.07. The van der Waals surface area contributed by atoms with Gasteiger partial charge >= 0.3 is 0 Å². The molecular formula is C13H23N3O2. The summed E-state index contributed by atoms with van der Waals surface area (Å²) in [6.45, 7) is 1.92. The normalized spacial score (nSPS) is 20.2.